The summed E-state index contributed by atoms with van der Waals surface area (Å²) < 4.78 is 6.20. The van der Waals surface area contributed by atoms with Crippen LogP contribution in [-0.2, 0) is 11.2 Å². The lowest BCUT2D eigenvalue weighted by molar-refractivity contribution is -0.100. The van der Waals surface area contributed by atoms with Gasteiger partial charge in [0.25, 0.3) is 0 Å². The number of nitrogens with one attached hydrogen (secondary N) is 1. The van der Waals surface area contributed by atoms with Crippen LogP contribution in [-0.4, -0.2) is 18.2 Å². The molecule has 3 N–H and O–H groups in total. The Balaban J connectivity index is 2.14. The van der Waals surface area contributed by atoms with Crippen LogP contribution in [0.25, 0.3) is 0 Å². The molecule has 3 nitrogen and oxygen atoms in total. The van der Waals surface area contributed by atoms with Crippen molar-refractivity contribution in [2.75, 3.05) is 6.61 Å². The van der Waals surface area contributed by atoms with E-state index in [-0.39, 0.29) is 11.6 Å². The molecule has 1 aromatic heterocycles. The maximum absolute atomic E-state index is 6.20. The van der Waals surface area contributed by atoms with E-state index in [0.717, 1.165) is 31.8 Å². The van der Waals surface area contributed by atoms with Gasteiger partial charge in [0.05, 0.1) is 11.6 Å². The zero-order valence-electron chi connectivity index (χ0n) is 12.0. The summed E-state index contributed by atoms with van der Waals surface area (Å²) in [5, 5.41) is 4.33. The van der Waals surface area contributed by atoms with Crippen LogP contribution in [0.15, 0.2) is 16.8 Å². The third kappa shape index (κ3) is 3.57. The van der Waals surface area contributed by atoms with Crippen LogP contribution in [0.5, 0.6) is 0 Å². The Morgan fingerprint density at radius 2 is 2.47 bits per heavy atom. The molecule has 0 spiro atoms. The second-order valence-electron chi connectivity index (χ2n) is 5.75. The van der Waals surface area contributed by atoms with Gasteiger partial charge in [0.15, 0.2) is 0 Å². The average Bonchev–Trinajstić information content (AvgIpc) is 2.89. The minimum Gasteiger partial charge on any atom is -0.374 e. The van der Waals surface area contributed by atoms with E-state index in [1.54, 1.807) is 11.3 Å². The van der Waals surface area contributed by atoms with Crippen molar-refractivity contribution in [1.82, 2.24) is 5.43 Å². The Bertz CT molecular complexity index is 364. The van der Waals surface area contributed by atoms with Gasteiger partial charge in [-0.25, -0.2) is 0 Å². The number of rotatable bonds is 6. The van der Waals surface area contributed by atoms with Crippen molar-refractivity contribution in [3.05, 3.63) is 22.4 Å². The van der Waals surface area contributed by atoms with Gasteiger partial charge in [0.2, 0.25) is 0 Å². The lowest BCUT2D eigenvalue weighted by atomic mass is 9.73. The summed E-state index contributed by atoms with van der Waals surface area (Å²) in [4.78, 5) is 0. The number of hydrogen-bond donors (Lipinski definition) is 2. The molecule has 0 saturated heterocycles. The predicted molar refractivity (Wildman–Crippen MR) is 81.1 cm³/mol. The molecule has 2 rings (SSSR count). The van der Waals surface area contributed by atoms with E-state index in [1.165, 1.54) is 18.4 Å². The van der Waals surface area contributed by atoms with Gasteiger partial charge in [-0.1, -0.05) is 19.8 Å². The lowest BCUT2D eigenvalue weighted by Crippen LogP contribution is -2.57. The van der Waals surface area contributed by atoms with Gasteiger partial charge in [-0.2, -0.15) is 11.3 Å². The van der Waals surface area contributed by atoms with Crippen molar-refractivity contribution in [1.29, 1.82) is 0 Å². The first-order valence-corrected chi connectivity index (χ1v) is 8.25. The molecule has 108 valence electrons. The third-order valence-corrected chi connectivity index (χ3v) is 5.01. The second kappa shape index (κ2) is 6.84. The Morgan fingerprint density at radius 3 is 3.05 bits per heavy atom. The summed E-state index contributed by atoms with van der Waals surface area (Å²) >= 11 is 1.74. The summed E-state index contributed by atoms with van der Waals surface area (Å²) in [6.07, 6.45) is 5.73. The summed E-state index contributed by atoms with van der Waals surface area (Å²) in [5.74, 6) is 6.58. The van der Waals surface area contributed by atoms with E-state index >= 15 is 0 Å². The molecular weight excluding hydrogens is 256 g/mol. The first-order chi connectivity index (χ1) is 9.20. The Labute approximate surface area is 120 Å². The van der Waals surface area contributed by atoms with E-state index in [0.29, 0.717) is 0 Å². The molecular formula is C15H26N2OS. The molecule has 19 heavy (non-hydrogen) atoms. The standard InChI is InChI=1S/C15H26N2OS/c1-3-18-15(7-4-5-12(2)10-15)14(17-16)9-13-6-8-19-11-13/h6,8,11-12,14,17H,3-5,7,9-10,16H2,1-2H3. The summed E-state index contributed by atoms with van der Waals surface area (Å²) in [6.45, 7) is 5.17. The Morgan fingerprint density at radius 1 is 1.63 bits per heavy atom. The molecule has 0 amide bonds. The highest BCUT2D eigenvalue weighted by atomic mass is 32.1. The van der Waals surface area contributed by atoms with Crippen LogP contribution in [0, 0.1) is 5.92 Å². The Kier molecular flexibility index (Phi) is 5.39. The van der Waals surface area contributed by atoms with Gasteiger partial charge in [-0.15, -0.1) is 0 Å². The topological polar surface area (TPSA) is 47.3 Å². The summed E-state index contributed by atoms with van der Waals surface area (Å²) in [5.41, 5.74) is 4.29. The molecule has 1 fully saturated rings. The summed E-state index contributed by atoms with van der Waals surface area (Å²) in [7, 11) is 0. The van der Waals surface area contributed by atoms with Crippen LogP contribution < -0.4 is 11.3 Å². The predicted octanol–water partition coefficient (Wildman–Crippen LogP) is 3.11. The van der Waals surface area contributed by atoms with Crippen LogP contribution >= 0.6 is 11.3 Å². The molecule has 0 aromatic carbocycles. The number of nitrogens with two attached hydrogens (primary N) is 1. The molecule has 0 radical (unpaired) electrons. The third-order valence-electron chi connectivity index (χ3n) is 4.28. The van der Waals surface area contributed by atoms with Gasteiger partial charge in [0, 0.05) is 6.61 Å². The van der Waals surface area contributed by atoms with E-state index in [2.05, 4.69) is 36.1 Å². The van der Waals surface area contributed by atoms with Gasteiger partial charge >= 0.3 is 0 Å². The smallest absolute Gasteiger partial charge is 0.0853 e. The van der Waals surface area contributed by atoms with Crippen molar-refractivity contribution in [2.45, 2.75) is 57.6 Å². The lowest BCUT2D eigenvalue weighted by Gasteiger charge is -2.45. The van der Waals surface area contributed by atoms with E-state index in [9.17, 15) is 0 Å². The average molecular weight is 282 g/mol. The fourth-order valence-corrected chi connectivity index (χ4v) is 4.10. The van der Waals surface area contributed by atoms with Gasteiger partial charge < -0.3 is 4.74 Å². The van der Waals surface area contributed by atoms with E-state index in [1.807, 2.05) is 0 Å². The minimum absolute atomic E-state index is 0.0941. The zero-order valence-corrected chi connectivity index (χ0v) is 12.8. The van der Waals surface area contributed by atoms with Crippen molar-refractivity contribution in [3.63, 3.8) is 0 Å². The van der Waals surface area contributed by atoms with Crippen LogP contribution in [0.3, 0.4) is 0 Å². The molecule has 3 unspecified atom stereocenters. The molecule has 3 atom stereocenters. The van der Waals surface area contributed by atoms with Crippen LogP contribution in [0.2, 0.25) is 0 Å². The molecule has 1 saturated carbocycles. The highest BCUT2D eigenvalue weighted by Gasteiger charge is 2.42. The molecule has 4 heteroatoms. The number of ether oxygens (including phenoxy) is 1. The highest BCUT2D eigenvalue weighted by Crippen LogP contribution is 2.38. The molecule has 1 aromatic rings. The first kappa shape index (κ1) is 15.0. The van der Waals surface area contributed by atoms with E-state index in [4.69, 9.17) is 10.6 Å². The van der Waals surface area contributed by atoms with Crippen molar-refractivity contribution < 1.29 is 4.74 Å². The monoisotopic (exact) mass is 282 g/mol. The van der Waals surface area contributed by atoms with Gasteiger partial charge in [-0.05, 0) is 54.5 Å². The molecule has 0 bridgehead atoms. The zero-order chi connectivity index (χ0) is 13.7. The normalized spacial score (nSPS) is 29.3. The van der Waals surface area contributed by atoms with Gasteiger partial charge in [0.1, 0.15) is 0 Å². The fraction of sp³-hybridized carbons (Fsp3) is 0.733. The quantitative estimate of drug-likeness (QED) is 0.622. The minimum atomic E-state index is -0.0941. The summed E-state index contributed by atoms with van der Waals surface area (Å²) in [6, 6.07) is 2.38. The van der Waals surface area contributed by atoms with Crippen molar-refractivity contribution in [3.8, 4) is 0 Å². The second-order valence-corrected chi connectivity index (χ2v) is 6.53. The number of thiophene rings is 1. The van der Waals surface area contributed by atoms with E-state index < -0.39 is 0 Å². The number of hydrogen-bond acceptors (Lipinski definition) is 4. The largest absolute Gasteiger partial charge is 0.374 e. The molecule has 0 aliphatic heterocycles. The molecule has 1 aliphatic rings. The maximum atomic E-state index is 6.20. The van der Waals surface area contributed by atoms with Crippen molar-refractivity contribution >= 4 is 11.3 Å². The molecule has 1 aliphatic carbocycles. The molecule has 1 heterocycles. The number of hydrazine groups is 1. The SMILES string of the molecule is CCOC1(C(Cc2ccsc2)NN)CCCC(C)C1. The highest BCUT2D eigenvalue weighted by molar-refractivity contribution is 7.07. The van der Waals surface area contributed by atoms with Crippen LogP contribution in [0.1, 0.15) is 45.1 Å². The van der Waals surface area contributed by atoms with Crippen molar-refractivity contribution in [2.24, 2.45) is 11.8 Å². The fourth-order valence-electron chi connectivity index (χ4n) is 3.42. The maximum Gasteiger partial charge on any atom is 0.0853 e. The van der Waals surface area contributed by atoms with Crippen LogP contribution in [0.4, 0.5) is 0 Å². The Hall–Kier alpha value is -0.420. The van der Waals surface area contributed by atoms with Gasteiger partial charge in [-0.3, -0.25) is 11.3 Å². The first-order valence-electron chi connectivity index (χ1n) is 7.31.